The maximum atomic E-state index is 12.6. The van der Waals surface area contributed by atoms with Crippen LogP contribution in [0.5, 0.6) is 0 Å². The van der Waals surface area contributed by atoms with Gasteiger partial charge in [0.2, 0.25) is 0 Å². The molecule has 2 aromatic rings. The monoisotopic (exact) mass is 388 g/mol. The molecule has 2 amide bonds. The number of aliphatic carboxylic acids is 1. The Hall–Kier alpha value is -3.17. The van der Waals surface area contributed by atoms with E-state index < -0.39 is 11.9 Å². The molecule has 0 spiro atoms. The summed E-state index contributed by atoms with van der Waals surface area (Å²) < 4.78 is 2.99. The topological polar surface area (TPSA) is 131 Å². The van der Waals surface area contributed by atoms with E-state index in [4.69, 9.17) is 5.11 Å². The second kappa shape index (κ2) is 8.68. The summed E-state index contributed by atoms with van der Waals surface area (Å²) in [6.07, 6.45) is 8.48. The molecule has 1 aliphatic rings. The van der Waals surface area contributed by atoms with Crippen LogP contribution in [0.1, 0.15) is 59.9 Å². The molecule has 2 aromatic heterocycles. The zero-order valence-electron chi connectivity index (χ0n) is 15.7. The Kier molecular flexibility index (Phi) is 6.07. The summed E-state index contributed by atoms with van der Waals surface area (Å²) in [6, 6.07) is 0.148. The van der Waals surface area contributed by atoms with Crippen molar-refractivity contribution in [3.63, 3.8) is 0 Å². The fourth-order valence-electron chi connectivity index (χ4n) is 3.17. The molecule has 0 aromatic carbocycles. The molecule has 0 atom stereocenters. The van der Waals surface area contributed by atoms with Crippen LogP contribution < -0.4 is 10.6 Å². The van der Waals surface area contributed by atoms with Gasteiger partial charge in [-0.25, -0.2) is 0 Å². The number of carboxylic acids is 1. The standard InChI is InChI=1S/C18H24N6O4/c1-2-23-11-14(16(22-23)18(28)20-13-5-3-4-6-13)21-17(27)12-9-19-24(10-12)8-7-15(25)26/h9-11,13H,2-8H2,1H3,(H,20,28)(H,21,27)(H,25,26). The van der Waals surface area contributed by atoms with Gasteiger partial charge in [0.1, 0.15) is 0 Å². The predicted molar refractivity (Wildman–Crippen MR) is 100 cm³/mol. The van der Waals surface area contributed by atoms with Crippen LogP contribution in [0.2, 0.25) is 0 Å². The lowest BCUT2D eigenvalue weighted by molar-refractivity contribution is -0.137. The van der Waals surface area contributed by atoms with Crippen LogP contribution >= 0.6 is 0 Å². The maximum absolute atomic E-state index is 12.6. The van der Waals surface area contributed by atoms with Crippen molar-refractivity contribution in [3.05, 3.63) is 29.8 Å². The number of anilines is 1. The molecular weight excluding hydrogens is 364 g/mol. The molecule has 0 bridgehead atoms. The lowest BCUT2D eigenvalue weighted by atomic mass is 10.2. The minimum atomic E-state index is -0.939. The Morgan fingerprint density at radius 2 is 1.93 bits per heavy atom. The molecule has 1 saturated carbocycles. The number of hydrogen-bond acceptors (Lipinski definition) is 5. The molecule has 0 saturated heterocycles. The molecule has 1 fully saturated rings. The van der Waals surface area contributed by atoms with Crippen molar-refractivity contribution in [2.24, 2.45) is 0 Å². The van der Waals surface area contributed by atoms with Gasteiger partial charge in [0.25, 0.3) is 11.8 Å². The van der Waals surface area contributed by atoms with Gasteiger partial charge >= 0.3 is 5.97 Å². The first-order valence-corrected chi connectivity index (χ1v) is 9.40. The predicted octanol–water partition coefficient (Wildman–Crippen LogP) is 1.50. The van der Waals surface area contributed by atoms with Crippen molar-refractivity contribution in [2.75, 3.05) is 5.32 Å². The second-order valence-corrected chi connectivity index (χ2v) is 6.79. The number of hydrogen-bond donors (Lipinski definition) is 3. The Labute approximate surface area is 161 Å². The first-order chi connectivity index (χ1) is 13.5. The largest absolute Gasteiger partial charge is 0.481 e. The zero-order valence-corrected chi connectivity index (χ0v) is 15.7. The van der Waals surface area contributed by atoms with Gasteiger partial charge in [0.15, 0.2) is 5.69 Å². The van der Waals surface area contributed by atoms with E-state index in [-0.39, 0.29) is 36.2 Å². The summed E-state index contributed by atoms with van der Waals surface area (Å²) >= 11 is 0. The number of carbonyl (C=O) groups excluding carboxylic acids is 2. The molecule has 150 valence electrons. The van der Waals surface area contributed by atoms with Gasteiger partial charge in [-0.2, -0.15) is 10.2 Å². The van der Waals surface area contributed by atoms with Crippen LogP contribution in [0.4, 0.5) is 5.69 Å². The zero-order chi connectivity index (χ0) is 20.1. The molecule has 0 radical (unpaired) electrons. The second-order valence-electron chi connectivity index (χ2n) is 6.79. The molecule has 10 heteroatoms. The maximum Gasteiger partial charge on any atom is 0.305 e. The van der Waals surface area contributed by atoms with Crippen molar-refractivity contribution in [2.45, 2.75) is 58.2 Å². The highest BCUT2D eigenvalue weighted by atomic mass is 16.4. The normalized spacial score (nSPS) is 14.2. The Morgan fingerprint density at radius 1 is 1.18 bits per heavy atom. The lowest BCUT2D eigenvalue weighted by Crippen LogP contribution is -2.33. The molecule has 0 aliphatic heterocycles. The van der Waals surface area contributed by atoms with Crippen LogP contribution in [0.15, 0.2) is 18.6 Å². The van der Waals surface area contributed by atoms with Crippen LogP contribution in [0.3, 0.4) is 0 Å². The van der Waals surface area contributed by atoms with E-state index >= 15 is 0 Å². The number of nitrogens with zero attached hydrogens (tertiary/aromatic N) is 4. The van der Waals surface area contributed by atoms with Gasteiger partial charge in [0.05, 0.1) is 30.4 Å². The molecule has 1 aliphatic carbocycles. The van der Waals surface area contributed by atoms with Crippen molar-refractivity contribution in [1.82, 2.24) is 24.9 Å². The molecule has 3 N–H and O–H groups in total. The van der Waals surface area contributed by atoms with Crippen molar-refractivity contribution in [1.29, 1.82) is 0 Å². The van der Waals surface area contributed by atoms with Crippen LogP contribution in [-0.2, 0) is 17.9 Å². The first kappa shape index (κ1) is 19.6. The van der Waals surface area contributed by atoms with Gasteiger partial charge in [0, 0.05) is 25.0 Å². The number of rotatable bonds is 8. The van der Waals surface area contributed by atoms with Crippen molar-refractivity contribution in [3.8, 4) is 0 Å². The van der Waals surface area contributed by atoms with E-state index in [0.717, 1.165) is 25.7 Å². The van der Waals surface area contributed by atoms with Gasteiger partial charge < -0.3 is 15.7 Å². The average Bonchev–Trinajstić information content (AvgIpc) is 3.40. The van der Waals surface area contributed by atoms with Gasteiger partial charge in [-0.1, -0.05) is 12.8 Å². The Bertz CT molecular complexity index is 865. The number of carboxylic acid groups (broad SMARTS) is 1. The van der Waals surface area contributed by atoms with E-state index in [0.29, 0.717) is 12.2 Å². The summed E-state index contributed by atoms with van der Waals surface area (Å²) in [5.41, 5.74) is 0.790. The van der Waals surface area contributed by atoms with Gasteiger partial charge in [-0.15, -0.1) is 0 Å². The molecule has 10 nitrogen and oxygen atoms in total. The van der Waals surface area contributed by atoms with Crippen LogP contribution in [0, 0.1) is 0 Å². The third-order valence-electron chi connectivity index (χ3n) is 4.69. The summed E-state index contributed by atoms with van der Waals surface area (Å²) in [5, 5.41) is 22.7. The molecule has 3 rings (SSSR count). The number of carbonyl (C=O) groups is 3. The van der Waals surface area contributed by atoms with E-state index in [9.17, 15) is 14.4 Å². The smallest absolute Gasteiger partial charge is 0.305 e. The van der Waals surface area contributed by atoms with E-state index in [1.54, 1.807) is 10.9 Å². The quantitative estimate of drug-likeness (QED) is 0.628. The Balaban J connectivity index is 1.70. The fraction of sp³-hybridized carbons (Fsp3) is 0.500. The summed E-state index contributed by atoms with van der Waals surface area (Å²) in [6.45, 7) is 2.63. The first-order valence-electron chi connectivity index (χ1n) is 9.40. The van der Waals surface area contributed by atoms with Crippen LogP contribution in [0.25, 0.3) is 0 Å². The lowest BCUT2D eigenvalue weighted by Gasteiger charge is -2.11. The molecule has 2 heterocycles. The number of aryl methyl sites for hydroxylation is 2. The fourth-order valence-corrected chi connectivity index (χ4v) is 3.17. The minimum absolute atomic E-state index is 0.0858. The minimum Gasteiger partial charge on any atom is -0.481 e. The highest BCUT2D eigenvalue weighted by Gasteiger charge is 2.23. The molecule has 28 heavy (non-hydrogen) atoms. The van der Waals surface area contributed by atoms with Crippen LogP contribution in [-0.4, -0.2) is 48.5 Å². The summed E-state index contributed by atoms with van der Waals surface area (Å²) in [5.74, 6) is -1.68. The highest BCUT2D eigenvalue weighted by Crippen LogP contribution is 2.20. The Morgan fingerprint density at radius 3 is 2.61 bits per heavy atom. The number of aromatic nitrogens is 4. The van der Waals surface area contributed by atoms with E-state index in [2.05, 4.69) is 20.8 Å². The number of amides is 2. The average molecular weight is 388 g/mol. The summed E-state index contributed by atoms with van der Waals surface area (Å²) in [7, 11) is 0. The van der Waals surface area contributed by atoms with E-state index in [1.807, 2.05) is 6.92 Å². The third kappa shape index (κ3) is 4.76. The van der Waals surface area contributed by atoms with Gasteiger partial charge in [-0.05, 0) is 19.8 Å². The SMILES string of the molecule is CCn1cc(NC(=O)c2cnn(CCC(=O)O)c2)c(C(=O)NC2CCCC2)n1. The highest BCUT2D eigenvalue weighted by molar-refractivity contribution is 6.08. The summed E-state index contributed by atoms with van der Waals surface area (Å²) in [4.78, 5) is 35.8. The van der Waals surface area contributed by atoms with Gasteiger partial charge in [-0.3, -0.25) is 23.7 Å². The van der Waals surface area contributed by atoms with Crippen molar-refractivity contribution >= 4 is 23.5 Å². The molecule has 0 unspecified atom stereocenters. The van der Waals surface area contributed by atoms with E-state index in [1.165, 1.54) is 17.1 Å². The third-order valence-corrected chi connectivity index (χ3v) is 4.69. The van der Waals surface area contributed by atoms with Crippen molar-refractivity contribution < 1.29 is 19.5 Å². The number of nitrogens with one attached hydrogen (secondary N) is 2. The molecular formula is C18H24N6O4.